The maximum atomic E-state index is 11.0. The summed E-state index contributed by atoms with van der Waals surface area (Å²) in [4.78, 5) is 11.0. The lowest BCUT2D eigenvalue weighted by atomic mass is 9.97. The van der Waals surface area contributed by atoms with Crippen LogP contribution in [0.1, 0.15) is 17.5 Å². The van der Waals surface area contributed by atoms with E-state index in [9.17, 15) is 4.79 Å². The number of hydrogen-bond acceptors (Lipinski definition) is 2. The van der Waals surface area contributed by atoms with Gasteiger partial charge in [0, 0.05) is 12.5 Å². The molecule has 2 nitrogen and oxygen atoms in total. The highest BCUT2D eigenvalue weighted by molar-refractivity contribution is 5.81. The van der Waals surface area contributed by atoms with Gasteiger partial charge in [-0.25, -0.2) is 4.79 Å². The van der Waals surface area contributed by atoms with Crippen LogP contribution >= 0.6 is 0 Å². The number of ether oxygens (including phenoxy) is 1. The molecule has 0 heterocycles. The van der Waals surface area contributed by atoms with Gasteiger partial charge in [-0.05, 0) is 16.7 Å². The van der Waals surface area contributed by atoms with Crippen LogP contribution in [0.3, 0.4) is 0 Å². The van der Waals surface area contributed by atoms with Crippen molar-refractivity contribution >= 4 is 11.5 Å². The van der Waals surface area contributed by atoms with Gasteiger partial charge in [-0.1, -0.05) is 73.3 Å². The summed E-state index contributed by atoms with van der Waals surface area (Å²) in [6.07, 6.45) is 3.94. The van der Waals surface area contributed by atoms with Gasteiger partial charge in [0.2, 0.25) is 0 Å². The Morgan fingerprint density at radius 2 is 1.48 bits per heavy atom. The number of esters is 1. The molecule has 0 saturated heterocycles. The maximum Gasteiger partial charge on any atom is 0.330 e. The first-order valence-corrected chi connectivity index (χ1v) is 6.91. The molecule has 21 heavy (non-hydrogen) atoms. The Hall–Kier alpha value is -2.61. The van der Waals surface area contributed by atoms with Crippen molar-refractivity contribution in [2.45, 2.75) is 6.42 Å². The molecule has 2 heteroatoms. The van der Waals surface area contributed by atoms with Crippen LogP contribution in [0, 0.1) is 0 Å². The largest absolute Gasteiger partial charge is 0.462 e. The van der Waals surface area contributed by atoms with Crippen LogP contribution in [-0.2, 0) is 9.53 Å². The average Bonchev–Trinajstić information content (AvgIpc) is 2.56. The van der Waals surface area contributed by atoms with E-state index in [4.69, 9.17) is 4.74 Å². The van der Waals surface area contributed by atoms with E-state index in [-0.39, 0.29) is 5.97 Å². The Labute approximate surface area is 125 Å². The van der Waals surface area contributed by atoms with Crippen LogP contribution in [0.5, 0.6) is 0 Å². The van der Waals surface area contributed by atoms with Crippen LogP contribution in [0.2, 0.25) is 0 Å². The average molecular weight is 278 g/mol. The standard InChI is InChI=1S/C19H18O2/c1-2-19(20)21-15-9-14-18(16-10-5-3-6-11-16)17-12-7-4-8-13-17/h2-8,10-14H,1,9,15H2. The molecule has 0 atom stereocenters. The lowest BCUT2D eigenvalue weighted by molar-refractivity contribution is -0.137. The summed E-state index contributed by atoms with van der Waals surface area (Å²) in [5.41, 5.74) is 3.45. The molecule has 0 bridgehead atoms. The van der Waals surface area contributed by atoms with Gasteiger partial charge in [0.05, 0.1) is 6.61 Å². The molecule has 0 radical (unpaired) electrons. The normalized spacial score (nSPS) is 9.71. The topological polar surface area (TPSA) is 26.3 Å². The first-order chi connectivity index (χ1) is 10.3. The van der Waals surface area contributed by atoms with Crippen molar-refractivity contribution in [1.29, 1.82) is 0 Å². The molecule has 2 aromatic rings. The van der Waals surface area contributed by atoms with E-state index in [1.165, 1.54) is 6.08 Å². The molecule has 0 aromatic heterocycles. The Morgan fingerprint density at radius 1 is 0.952 bits per heavy atom. The number of carbonyl (C=O) groups excluding carboxylic acids is 1. The zero-order valence-corrected chi connectivity index (χ0v) is 11.9. The quantitative estimate of drug-likeness (QED) is 0.449. The fourth-order valence-electron chi connectivity index (χ4n) is 2.06. The van der Waals surface area contributed by atoms with Gasteiger partial charge in [-0.15, -0.1) is 0 Å². The summed E-state index contributed by atoms with van der Waals surface area (Å²) in [6, 6.07) is 20.4. The van der Waals surface area contributed by atoms with Crippen molar-refractivity contribution in [3.63, 3.8) is 0 Å². The third kappa shape index (κ3) is 4.46. The predicted octanol–water partition coefficient (Wildman–Crippen LogP) is 4.24. The van der Waals surface area contributed by atoms with Crippen LogP contribution in [0.4, 0.5) is 0 Å². The number of hydrogen-bond donors (Lipinski definition) is 0. The fourth-order valence-corrected chi connectivity index (χ4v) is 2.06. The molecule has 0 N–H and O–H groups in total. The zero-order valence-electron chi connectivity index (χ0n) is 11.9. The summed E-state index contributed by atoms with van der Waals surface area (Å²) in [6.45, 7) is 3.73. The SMILES string of the molecule is C=CC(=O)OCCC=C(c1ccccc1)c1ccccc1. The third-order valence-electron chi connectivity index (χ3n) is 3.05. The van der Waals surface area contributed by atoms with Crippen molar-refractivity contribution in [3.8, 4) is 0 Å². The van der Waals surface area contributed by atoms with Crippen molar-refractivity contribution in [2.24, 2.45) is 0 Å². The fraction of sp³-hybridized carbons (Fsp3) is 0.105. The zero-order chi connectivity index (χ0) is 14.9. The summed E-state index contributed by atoms with van der Waals surface area (Å²) in [5, 5.41) is 0. The van der Waals surface area contributed by atoms with E-state index in [0.29, 0.717) is 13.0 Å². The second kappa shape index (κ2) is 7.85. The van der Waals surface area contributed by atoms with E-state index in [2.05, 4.69) is 36.9 Å². The highest BCUT2D eigenvalue weighted by Crippen LogP contribution is 2.23. The molecule has 0 aliphatic rings. The van der Waals surface area contributed by atoms with Crippen molar-refractivity contribution in [3.05, 3.63) is 90.5 Å². The molecule has 0 saturated carbocycles. The lowest BCUT2D eigenvalue weighted by Crippen LogP contribution is -2.01. The molecule has 2 aromatic carbocycles. The molecule has 0 spiro atoms. The first kappa shape index (κ1) is 14.8. The van der Waals surface area contributed by atoms with Crippen LogP contribution in [0.25, 0.3) is 5.57 Å². The van der Waals surface area contributed by atoms with Gasteiger partial charge in [0.25, 0.3) is 0 Å². The van der Waals surface area contributed by atoms with E-state index in [1.807, 2.05) is 36.4 Å². The van der Waals surface area contributed by atoms with Crippen LogP contribution in [0.15, 0.2) is 79.4 Å². The minimum atomic E-state index is -0.385. The van der Waals surface area contributed by atoms with Gasteiger partial charge < -0.3 is 4.74 Å². The molecule has 106 valence electrons. The van der Waals surface area contributed by atoms with Crippen molar-refractivity contribution < 1.29 is 9.53 Å². The minimum Gasteiger partial charge on any atom is -0.462 e. The van der Waals surface area contributed by atoms with Gasteiger partial charge in [-0.2, -0.15) is 0 Å². The van der Waals surface area contributed by atoms with Gasteiger partial charge in [0.1, 0.15) is 0 Å². The van der Waals surface area contributed by atoms with E-state index in [1.54, 1.807) is 0 Å². The minimum absolute atomic E-state index is 0.355. The summed E-state index contributed by atoms with van der Waals surface area (Å²) in [5.74, 6) is -0.385. The molecule has 0 fully saturated rings. The summed E-state index contributed by atoms with van der Waals surface area (Å²) < 4.78 is 5.01. The Bertz CT molecular complexity index is 571. The van der Waals surface area contributed by atoms with Gasteiger partial charge in [0.15, 0.2) is 0 Å². The van der Waals surface area contributed by atoms with Crippen molar-refractivity contribution in [2.75, 3.05) is 6.61 Å². The summed E-state index contributed by atoms with van der Waals surface area (Å²) in [7, 11) is 0. The summed E-state index contributed by atoms with van der Waals surface area (Å²) >= 11 is 0. The number of carbonyl (C=O) groups is 1. The predicted molar refractivity (Wildman–Crippen MR) is 85.7 cm³/mol. The second-order valence-electron chi connectivity index (χ2n) is 4.51. The van der Waals surface area contributed by atoms with Crippen molar-refractivity contribution in [1.82, 2.24) is 0 Å². The Kier molecular flexibility index (Phi) is 5.53. The lowest BCUT2D eigenvalue weighted by Gasteiger charge is -2.09. The van der Waals surface area contributed by atoms with E-state index >= 15 is 0 Å². The van der Waals surface area contributed by atoms with Crippen LogP contribution < -0.4 is 0 Å². The van der Waals surface area contributed by atoms with E-state index < -0.39 is 0 Å². The monoisotopic (exact) mass is 278 g/mol. The molecular weight excluding hydrogens is 260 g/mol. The second-order valence-corrected chi connectivity index (χ2v) is 4.51. The van der Waals surface area contributed by atoms with Gasteiger partial charge in [-0.3, -0.25) is 0 Å². The highest BCUT2D eigenvalue weighted by Gasteiger charge is 2.04. The van der Waals surface area contributed by atoms with Gasteiger partial charge >= 0.3 is 5.97 Å². The molecular formula is C19H18O2. The van der Waals surface area contributed by atoms with E-state index in [0.717, 1.165) is 16.7 Å². The molecule has 0 unspecified atom stereocenters. The first-order valence-electron chi connectivity index (χ1n) is 6.91. The number of benzene rings is 2. The molecule has 0 aliphatic carbocycles. The maximum absolute atomic E-state index is 11.0. The molecule has 0 amide bonds. The third-order valence-corrected chi connectivity index (χ3v) is 3.05. The highest BCUT2D eigenvalue weighted by atomic mass is 16.5. The smallest absolute Gasteiger partial charge is 0.330 e. The van der Waals surface area contributed by atoms with Crippen LogP contribution in [-0.4, -0.2) is 12.6 Å². The molecule has 0 aliphatic heterocycles. The Balaban J connectivity index is 2.17. The molecule has 2 rings (SSSR count). The Morgan fingerprint density at radius 3 is 1.95 bits per heavy atom. The number of rotatable bonds is 6.